The van der Waals surface area contributed by atoms with Crippen LogP contribution in [0, 0.1) is 0 Å². The zero-order valence-electron chi connectivity index (χ0n) is 19.9. The molecule has 0 radical (unpaired) electrons. The number of carbonyl (C=O) groups excluding carboxylic acids is 1. The molecule has 5 rings (SSSR count). The lowest BCUT2D eigenvalue weighted by atomic mass is 9.84. The molecule has 4 aromatic rings. The van der Waals surface area contributed by atoms with Crippen LogP contribution < -0.4 is 16.1 Å². The van der Waals surface area contributed by atoms with Crippen molar-refractivity contribution in [1.29, 1.82) is 0 Å². The van der Waals surface area contributed by atoms with Crippen molar-refractivity contribution in [2.45, 2.75) is 38.0 Å². The summed E-state index contributed by atoms with van der Waals surface area (Å²) in [5.74, 6) is 1.38. The van der Waals surface area contributed by atoms with Crippen LogP contribution >= 0.6 is 11.6 Å². The highest BCUT2D eigenvalue weighted by atomic mass is 35.5. The Kier molecular flexibility index (Phi) is 7.05. The number of fused-ring (bicyclic) bond motifs is 1. The van der Waals surface area contributed by atoms with Crippen LogP contribution in [-0.2, 0) is 0 Å². The normalized spacial score (nSPS) is 14.2. The fourth-order valence-electron chi connectivity index (χ4n) is 4.82. The third kappa shape index (κ3) is 5.20. The largest absolute Gasteiger partial charge is 0.368 e. The lowest BCUT2D eigenvalue weighted by Crippen LogP contribution is -2.29. The summed E-state index contributed by atoms with van der Waals surface area (Å²) >= 11 is 6.42. The van der Waals surface area contributed by atoms with Gasteiger partial charge in [-0.05, 0) is 48.0 Å². The topological polar surface area (TPSA) is 71.3 Å². The van der Waals surface area contributed by atoms with E-state index in [9.17, 15) is 4.79 Å². The number of nitrogens with one attached hydrogen (secondary N) is 2. The Morgan fingerprint density at radius 1 is 1.06 bits per heavy atom. The van der Waals surface area contributed by atoms with Gasteiger partial charge >= 0.3 is 0 Å². The molecule has 1 fully saturated rings. The van der Waals surface area contributed by atoms with E-state index in [1.54, 1.807) is 10.7 Å². The molecule has 178 valence electrons. The average Bonchev–Trinajstić information content (AvgIpc) is 3.28. The molecule has 2 N–H and O–H groups in total. The molecule has 0 saturated heterocycles. The van der Waals surface area contributed by atoms with Crippen LogP contribution in [0.15, 0.2) is 60.8 Å². The summed E-state index contributed by atoms with van der Waals surface area (Å²) in [7, 11) is 1.98. The molecule has 0 spiro atoms. The third-order valence-electron chi connectivity index (χ3n) is 6.76. The van der Waals surface area contributed by atoms with Crippen molar-refractivity contribution in [1.82, 2.24) is 19.9 Å². The number of anilines is 1. The number of carbonyl (C=O) groups is 1. The second-order valence-electron chi connectivity index (χ2n) is 9.21. The van der Waals surface area contributed by atoms with Crippen LogP contribution in [0.25, 0.3) is 16.9 Å². The van der Waals surface area contributed by atoms with Crippen LogP contribution in [0.4, 0.5) is 5.82 Å². The van der Waals surface area contributed by atoms with Crippen molar-refractivity contribution in [3.63, 3.8) is 0 Å². The molecule has 0 aliphatic heterocycles. The number of nitrogens with zero attached hydrogens (tertiary/aromatic N) is 3. The minimum Gasteiger partial charge on any atom is -0.368 e. The minimum atomic E-state index is -0.0615. The van der Waals surface area contributed by atoms with Gasteiger partial charge in [-0.3, -0.25) is 4.79 Å². The van der Waals surface area contributed by atoms with E-state index >= 15 is 0 Å². The first-order chi connectivity index (χ1) is 17.1. The lowest BCUT2D eigenvalue weighted by molar-refractivity contribution is 0.0955. The van der Waals surface area contributed by atoms with E-state index in [4.69, 9.17) is 16.6 Å². The van der Waals surface area contributed by atoms with Gasteiger partial charge in [-0.2, -0.15) is 9.61 Å². The molecule has 2 heterocycles. The smallest absolute Gasteiger partial charge is 0.251 e. The molecule has 2 aromatic heterocycles. The monoisotopic (exact) mass is 485 g/mol. The first-order valence-corrected chi connectivity index (χ1v) is 12.7. The van der Waals surface area contributed by atoms with Crippen molar-refractivity contribution in [2.24, 2.45) is 0 Å². The maximum absolute atomic E-state index is 12.7. The van der Waals surface area contributed by atoms with Gasteiger partial charge in [-0.15, -0.1) is 0 Å². The van der Waals surface area contributed by atoms with E-state index in [1.165, 1.54) is 37.7 Å². The van der Waals surface area contributed by atoms with E-state index in [0.29, 0.717) is 29.6 Å². The molecule has 0 bridgehead atoms. The number of rotatable bonds is 7. The molecule has 1 aliphatic rings. The highest BCUT2D eigenvalue weighted by Gasteiger charge is 2.16. The van der Waals surface area contributed by atoms with Crippen molar-refractivity contribution >= 4 is 42.3 Å². The molecule has 0 unspecified atom stereocenters. The van der Waals surface area contributed by atoms with Gasteiger partial charge in [0.05, 0.1) is 5.69 Å². The summed E-state index contributed by atoms with van der Waals surface area (Å²) < 4.78 is 1.78. The average molecular weight is 486 g/mol. The molecule has 8 heteroatoms. The molecule has 6 nitrogen and oxygen atoms in total. The van der Waals surface area contributed by atoms with E-state index < -0.39 is 0 Å². The number of aromatic nitrogens is 3. The van der Waals surface area contributed by atoms with Gasteiger partial charge in [0.1, 0.15) is 13.7 Å². The second-order valence-corrected chi connectivity index (χ2v) is 9.62. The number of amides is 1. The van der Waals surface area contributed by atoms with Gasteiger partial charge in [-0.1, -0.05) is 61.2 Å². The Bertz CT molecular complexity index is 1330. The molecular weight excluding hydrogens is 457 g/mol. The second kappa shape index (κ2) is 10.5. The Labute approximate surface area is 211 Å². The first kappa shape index (κ1) is 23.4. The van der Waals surface area contributed by atoms with Gasteiger partial charge < -0.3 is 10.6 Å². The zero-order valence-corrected chi connectivity index (χ0v) is 20.7. The van der Waals surface area contributed by atoms with E-state index in [1.807, 2.05) is 50.3 Å². The molecule has 2 aromatic carbocycles. The Morgan fingerprint density at radius 2 is 1.83 bits per heavy atom. The predicted molar refractivity (Wildman–Crippen MR) is 145 cm³/mol. The van der Waals surface area contributed by atoms with Crippen LogP contribution in [0.3, 0.4) is 0 Å². The molecule has 1 aliphatic carbocycles. The van der Waals surface area contributed by atoms with Crippen LogP contribution in [0.5, 0.6) is 0 Å². The van der Waals surface area contributed by atoms with E-state index in [-0.39, 0.29) is 5.91 Å². The first-order valence-electron chi connectivity index (χ1n) is 12.3. The summed E-state index contributed by atoms with van der Waals surface area (Å²) in [6.45, 7) is 1.03. The maximum atomic E-state index is 12.7. The maximum Gasteiger partial charge on any atom is 0.251 e. The highest BCUT2D eigenvalue weighted by molar-refractivity contribution is 6.36. The number of benzene rings is 2. The van der Waals surface area contributed by atoms with Gasteiger partial charge in [0.25, 0.3) is 5.91 Å². The van der Waals surface area contributed by atoms with E-state index in [2.05, 4.69) is 27.9 Å². The minimum absolute atomic E-state index is 0.0615. The fraction of sp³-hybridized carbons (Fsp3) is 0.296. The van der Waals surface area contributed by atoms with Gasteiger partial charge in [0.2, 0.25) is 0 Å². The summed E-state index contributed by atoms with van der Waals surface area (Å²) in [6, 6.07) is 17.7. The molecular formula is C27H29BClN5O. The van der Waals surface area contributed by atoms with Crippen LogP contribution in [0.1, 0.15) is 53.9 Å². The van der Waals surface area contributed by atoms with Crippen LogP contribution in [-0.4, -0.2) is 41.4 Å². The summed E-state index contributed by atoms with van der Waals surface area (Å²) in [5.41, 5.74) is 5.44. The van der Waals surface area contributed by atoms with Crippen molar-refractivity contribution in [2.75, 3.05) is 18.4 Å². The third-order valence-corrected chi connectivity index (χ3v) is 7.09. The number of halogens is 1. The van der Waals surface area contributed by atoms with Crippen molar-refractivity contribution in [3.8, 4) is 11.3 Å². The molecule has 35 heavy (non-hydrogen) atoms. The summed E-state index contributed by atoms with van der Waals surface area (Å²) in [4.78, 5) is 17.4. The van der Waals surface area contributed by atoms with Crippen molar-refractivity contribution in [3.05, 3.63) is 76.9 Å². The quantitative estimate of drug-likeness (QED) is 0.304. The van der Waals surface area contributed by atoms with Gasteiger partial charge in [0, 0.05) is 41.5 Å². The standard InChI is InChI=1S/C27H29BClN5O/c28-22-17-32-34-25(16-24(33-26(22)34)21-8-4-5-9-23(21)29)30-14-15-31-27(35)20-12-10-19(11-13-20)18-6-2-1-3-7-18/h4-5,8-13,16-18,30H,1-3,6-7,14-15,28H2,(H,31,35). The fourth-order valence-corrected chi connectivity index (χ4v) is 5.05. The SMILES string of the molecule is Bc1cnn2c(NCCNC(=O)c3ccc(C4CCCCC4)cc3)cc(-c3ccccc3Cl)nc12. The number of hydrogen-bond donors (Lipinski definition) is 2. The summed E-state index contributed by atoms with van der Waals surface area (Å²) in [6.07, 6.45) is 8.27. The predicted octanol–water partition coefficient (Wildman–Crippen LogP) is 4.20. The zero-order chi connectivity index (χ0) is 24.2. The van der Waals surface area contributed by atoms with Gasteiger partial charge in [-0.25, -0.2) is 4.98 Å². The molecule has 1 saturated carbocycles. The molecule has 1 amide bonds. The van der Waals surface area contributed by atoms with Crippen LogP contribution in [0.2, 0.25) is 5.02 Å². The lowest BCUT2D eigenvalue weighted by Gasteiger charge is -2.22. The Balaban J connectivity index is 1.23. The molecule has 0 atom stereocenters. The Hall–Kier alpha value is -3.32. The van der Waals surface area contributed by atoms with E-state index in [0.717, 1.165) is 28.2 Å². The summed E-state index contributed by atoms with van der Waals surface area (Å²) in [5, 5.41) is 11.5. The number of hydrogen-bond acceptors (Lipinski definition) is 4. The van der Waals surface area contributed by atoms with Gasteiger partial charge in [0.15, 0.2) is 5.65 Å². The van der Waals surface area contributed by atoms with Crippen molar-refractivity contribution < 1.29 is 4.79 Å². The Morgan fingerprint density at radius 3 is 2.60 bits per heavy atom. The highest BCUT2D eigenvalue weighted by Crippen LogP contribution is 2.32.